The van der Waals surface area contributed by atoms with Gasteiger partial charge in [0.1, 0.15) is 6.54 Å². The number of fused-ring (bicyclic) bond motifs is 1. The van der Waals surface area contributed by atoms with Crippen LogP contribution in [0.3, 0.4) is 0 Å². The quantitative estimate of drug-likeness (QED) is 0.557. The summed E-state index contributed by atoms with van der Waals surface area (Å²) in [5.74, 6) is 0.246. The minimum atomic E-state index is -0.312. The van der Waals surface area contributed by atoms with Gasteiger partial charge in [-0.25, -0.2) is 4.98 Å². The van der Waals surface area contributed by atoms with Crippen LogP contribution >= 0.6 is 0 Å². The zero-order chi connectivity index (χ0) is 9.97. The van der Waals surface area contributed by atoms with Gasteiger partial charge < -0.3 is 10.3 Å². The van der Waals surface area contributed by atoms with Gasteiger partial charge in [0.25, 0.3) is 5.56 Å². The van der Waals surface area contributed by atoms with Crippen LogP contribution in [-0.2, 0) is 0 Å². The van der Waals surface area contributed by atoms with E-state index in [1.54, 1.807) is 0 Å². The van der Waals surface area contributed by atoms with Gasteiger partial charge in [-0.3, -0.25) is 9.78 Å². The maximum Gasteiger partial charge on any atom is 0.278 e. The van der Waals surface area contributed by atoms with Gasteiger partial charge in [0, 0.05) is 0 Å². The summed E-state index contributed by atoms with van der Waals surface area (Å²) in [6.07, 6.45) is 1.39. The summed E-state index contributed by atoms with van der Waals surface area (Å²) >= 11 is 0. The molecule has 14 heavy (non-hydrogen) atoms. The first-order valence-corrected chi connectivity index (χ1v) is 3.85. The van der Waals surface area contributed by atoms with Crippen molar-refractivity contribution in [2.75, 3.05) is 11.9 Å². The van der Waals surface area contributed by atoms with Gasteiger partial charge in [0.05, 0.1) is 12.4 Å². The van der Waals surface area contributed by atoms with Crippen molar-refractivity contribution in [2.24, 2.45) is 0 Å². The molecule has 0 fully saturated rings. The molecule has 0 unspecified atom stereocenters. The summed E-state index contributed by atoms with van der Waals surface area (Å²) in [4.78, 5) is 24.3. The third-order valence-corrected chi connectivity index (χ3v) is 1.63. The van der Waals surface area contributed by atoms with E-state index < -0.39 is 0 Å². The van der Waals surface area contributed by atoms with Gasteiger partial charge in [-0.05, 0) is 0 Å². The average Bonchev–Trinajstić information content (AvgIpc) is 2.63. The Morgan fingerprint density at radius 2 is 2.50 bits per heavy atom. The third kappa shape index (κ3) is 1.29. The second kappa shape index (κ2) is 3.18. The molecule has 0 amide bonds. The molecule has 0 bridgehead atoms. The molecule has 0 aliphatic heterocycles. The lowest BCUT2D eigenvalue weighted by Crippen LogP contribution is -2.13. The minimum absolute atomic E-state index is 0.0822. The summed E-state index contributed by atoms with van der Waals surface area (Å²) in [5, 5.41) is 11.0. The van der Waals surface area contributed by atoms with Crippen LogP contribution in [0.2, 0.25) is 0 Å². The summed E-state index contributed by atoms with van der Waals surface area (Å²) in [6.45, 7) is 0.0822. The number of anilines is 1. The average molecular weight is 190 g/mol. The topological polar surface area (TPSA) is 110 Å². The van der Waals surface area contributed by atoms with Crippen LogP contribution in [0.4, 0.5) is 5.95 Å². The Morgan fingerprint density at radius 3 is 3.29 bits per heavy atom. The molecule has 0 spiro atoms. The van der Waals surface area contributed by atoms with Crippen molar-refractivity contribution in [1.82, 2.24) is 19.9 Å². The fourth-order valence-corrected chi connectivity index (χ4v) is 1.05. The van der Waals surface area contributed by atoms with E-state index in [2.05, 4.69) is 25.3 Å². The van der Waals surface area contributed by atoms with Crippen LogP contribution in [0, 0.1) is 11.3 Å². The maximum atomic E-state index is 11.3. The number of aromatic nitrogens is 4. The molecule has 2 rings (SSSR count). The van der Waals surface area contributed by atoms with Gasteiger partial charge in [-0.1, -0.05) is 0 Å². The molecule has 0 radical (unpaired) electrons. The highest BCUT2D eigenvalue weighted by molar-refractivity contribution is 5.69. The van der Waals surface area contributed by atoms with E-state index in [4.69, 9.17) is 5.26 Å². The molecule has 0 saturated carbocycles. The first-order valence-electron chi connectivity index (χ1n) is 3.85. The van der Waals surface area contributed by atoms with Crippen LogP contribution in [-0.4, -0.2) is 26.5 Å². The minimum Gasteiger partial charge on any atom is -0.343 e. The van der Waals surface area contributed by atoms with E-state index in [0.29, 0.717) is 11.2 Å². The highest BCUT2D eigenvalue weighted by atomic mass is 16.1. The van der Waals surface area contributed by atoms with Gasteiger partial charge in [0.2, 0.25) is 5.95 Å². The fourth-order valence-electron chi connectivity index (χ4n) is 1.05. The van der Waals surface area contributed by atoms with E-state index in [0.717, 1.165) is 0 Å². The number of aromatic amines is 2. The summed E-state index contributed by atoms with van der Waals surface area (Å²) in [7, 11) is 0. The smallest absolute Gasteiger partial charge is 0.278 e. The molecule has 7 nitrogen and oxygen atoms in total. The first kappa shape index (κ1) is 8.25. The van der Waals surface area contributed by atoms with Gasteiger partial charge in [-0.15, -0.1) is 0 Å². The third-order valence-electron chi connectivity index (χ3n) is 1.63. The molecule has 0 aliphatic rings. The lowest BCUT2D eigenvalue weighted by Gasteiger charge is -1.98. The Labute approximate surface area is 77.8 Å². The van der Waals surface area contributed by atoms with Crippen molar-refractivity contribution < 1.29 is 0 Å². The first-order chi connectivity index (χ1) is 6.81. The second-order valence-electron chi connectivity index (χ2n) is 2.53. The maximum absolute atomic E-state index is 11.3. The zero-order valence-electron chi connectivity index (χ0n) is 7.03. The SMILES string of the molecule is N#CCNc1nc2nc[nH]c2c(=O)[nH]1. The van der Waals surface area contributed by atoms with Crippen molar-refractivity contribution in [1.29, 1.82) is 5.26 Å². The standard InChI is InChI=1S/C7H6N6O/c8-1-2-9-7-12-5-4(6(14)13-7)10-3-11-5/h3H,2H2,(H3,9,10,11,12,13,14). The molecule has 0 aliphatic carbocycles. The number of nitriles is 1. The Kier molecular flexibility index (Phi) is 1.87. The van der Waals surface area contributed by atoms with Crippen LogP contribution in [0.5, 0.6) is 0 Å². The number of imidazole rings is 1. The van der Waals surface area contributed by atoms with Crippen molar-refractivity contribution in [3.8, 4) is 6.07 Å². The number of rotatable bonds is 2. The number of nitrogens with one attached hydrogen (secondary N) is 3. The van der Waals surface area contributed by atoms with Crippen molar-refractivity contribution in [2.45, 2.75) is 0 Å². The van der Waals surface area contributed by atoms with Crippen LogP contribution in [0.15, 0.2) is 11.1 Å². The van der Waals surface area contributed by atoms with E-state index >= 15 is 0 Å². The number of nitrogens with zero attached hydrogens (tertiary/aromatic N) is 3. The van der Waals surface area contributed by atoms with E-state index in [1.165, 1.54) is 6.33 Å². The lowest BCUT2D eigenvalue weighted by atomic mass is 10.5. The Morgan fingerprint density at radius 1 is 1.64 bits per heavy atom. The van der Waals surface area contributed by atoms with Crippen LogP contribution < -0.4 is 10.9 Å². The highest BCUT2D eigenvalue weighted by Gasteiger charge is 2.04. The van der Waals surface area contributed by atoms with Crippen molar-refractivity contribution >= 4 is 17.1 Å². The molecule has 0 saturated heterocycles. The van der Waals surface area contributed by atoms with Crippen molar-refractivity contribution in [3.63, 3.8) is 0 Å². The van der Waals surface area contributed by atoms with Gasteiger partial charge >= 0.3 is 0 Å². The molecular formula is C7H6N6O. The number of hydrogen-bond acceptors (Lipinski definition) is 5. The molecule has 0 aromatic carbocycles. The fraction of sp³-hybridized carbons (Fsp3) is 0.143. The van der Waals surface area contributed by atoms with E-state index in [1.807, 2.05) is 6.07 Å². The summed E-state index contributed by atoms with van der Waals surface area (Å²) < 4.78 is 0. The molecule has 2 aromatic rings. The van der Waals surface area contributed by atoms with Gasteiger partial charge in [-0.2, -0.15) is 10.2 Å². The molecule has 2 aromatic heterocycles. The lowest BCUT2D eigenvalue weighted by molar-refractivity contribution is 1.11. The normalized spacial score (nSPS) is 9.93. The predicted octanol–water partition coefficient (Wildman–Crippen LogP) is -0.418. The summed E-state index contributed by atoms with van der Waals surface area (Å²) in [6, 6.07) is 1.88. The molecule has 7 heteroatoms. The monoisotopic (exact) mass is 190 g/mol. The molecule has 2 heterocycles. The van der Waals surface area contributed by atoms with E-state index in [9.17, 15) is 4.79 Å². The zero-order valence-corrected chi connectivity index (χ0v) is 7.03. The summed E-state index contributed by atoms with van der Waals surface area (Å²) in [5.41, 5.74) is 0.342. The van der Waals surface area contributed by atoms with Crippen LogP contribution in [0.25, 0.3) is 11.2 Å². The number of hydrogen-bond donors (Lipinski definition) is 3. The molecular weight excluding hydrogens is 184 g/mol. The molecule has 0 atom stereocenters. The Hall–Kier alpha value is -2.36. The van der Waals surface area contributed by atoms with Crippen molar-refractivity contribution in [3.05, 3.63) is 16.7 Å². The molecule has 70 valence electrons. The Balaban J connectivity index is 2.49. The predicted molar refractivity (Wildman–Crippen MR) is 48.6 cm³/mol. The van der Waals surface area contributed by atoms with Gasteiger partial charge in [0.15, 0.2) is 11.2 Å². The number of H-pyrrole nitrogens is 2. The van der Waals surface area contributed by atoms with Crippen LogP contribution in [0.1, 0.15) is 0 Å². The molecule has 3 N–H and O–H groups in total. The second-order valence-corrected chi connectivity index (χ2v) is 2.53. The highest BCUT2D eigenvalue weighted by Crippen LogP contribution is 2.01. The Bertz CT molecular complexity index is 547. The van der Waals surface area contributed by atoms with E-state index in [-0.39, 0.29) is 18.1 Å². The largest absolute Gasteiger partial charge is 0.343 e.